The predicted octanol–water partition coefficient (Wildman–Crippen LogP) is 4.52. The first-order valence-corrected chi connectivity index (χ1v) is 7.89. The third-order valence-corrected chi connectivity index (χ3v) is 3.95. The average Bonchev–Trinajstić information content (AvgIpc) is 2.42. The molecule has 2 rings (SSSR count). The fourth-order valence-electron chi connectivity index (χ4n) is 2.92. The summed E-state index contributed by atoms with van der Waals surface area (Å²) in [6.07, 6.45) is 8.38. The van der Waals surface area contributed by atoms with Gasteiger partial charge in [-0.15, -0.1) is 0 Å². The second-order valence-electron chi connectivity index (χ2n) is 5.53. The van der Waals surface area contributed by atoms with E-state index in [4.69, 9.17) is 4.74 Å². The minimum Gasteiger partial charge on any atom is -0.487 e. The SMILES string of the molecule is CCOc1cccc(NC2CCCCCCC2)c1[N+](=O)[O-]. The molecule has 0 heterocycles. The minimum absolute atomic E-state index is 0.0569. The molecular formula is C16H24N2O3. The molecule has 1 aliphatic carbocycles. The van der Waals surface area contributed by atoms with Gasteiger partial charge in [0.05, 0.1) is 11.5 Å². The average molecular weight is 292 g/mol. The summed E-state index contributed by atoms with van der Waals surface area (Å²) in [5.41, 5.74) is 0.637. The fraction of sp³-hybridized carbons (Fsp3) is 0.625. The van der Waals surface area contributed by atoms with E-state index in [1.165, 1.54) is 32.1 Å². The van der Waals surface area contributed by atoms with Crippen LogP contribution in [0.25, 0.3) is 0 Å². The van der Waals surface area contributed by atoms with E-state index >= 15 is 0 Å². The Morgan fingerprint density at radius 2 is 1.90 bits per heavy atom. The van der Waals surface area contributed by atoms with Gasteiger partial charge in [0.25, 0.3) is 0 Å². The molecule has 0 atom stereocenters. The van der Waals surface area contributed by atoms with E-state index in [2.05, 4.69) is 5.32 Å². The van der Waals surface area contributed by atoms with E-state index in [0.717, 1.165) is 12.8 Å². The zero-order chi connectivity index (χ0) is 15.1. The summed E-state index contributed by atoms with van der Waals surface area (Å²) in [6, 6.07) is 5.56. The lowest BCUT2D eigenvalue weighted by Crippen LogP contribution is -2.21. The number of nitro benzene ring substituents is 1. The second kappa shape index (κ2) is 7.86. The molecule has 0 aromatic heterocycles. The monoisotopic (exact) mass is 292 g/mol. The number of nitrogens with one attached hydrogen (secondary N) is 1. The van der Waals surface area contributed by atoms with Crippen LogP contribution >= 0.6 is 0 Å². The van der Waals surface area contributed by atoms with E-state index in [0.29, 0.717) is 24.1 Å². The highest BCUT2D eigenvalue weighted by Gasteiger charge is 2.23. The van der Waals surface area contributed by atoms with Gasteiger partial charge >= 0.3 is 5.69 Å². The van der Waals surface area contributed by atoms with Gasteiger partial charge in [-0.05, 0) is 31.9 Å². The van der Waals surface area contributed by atoms with Crippen molar-refractivity contribution in [3.8, 4) is 5.75 Å². The molecule has 21 heavy (non-hydrogen) atoms. The molecule has 116 valence electrons. The van der Waals surface area contributed by atoms with Crippen LogP contribution in [0.5, 0.6) is 5.75 Å². The first kappa shape index (κ1) is 15.6. The number of hydrogen-bond acceptors (Lipinski definition) is 4. The molecule has 1 aromatic rings. The summed E-state index contributed by atoms with van der Waals surface area (Å²) < 4.78 is 5.39. The number of ether oxygens (including phenoxy) is 1. The highest BCUT2D eigenvalue weighted by molar-refractivity contribution is 5.68. The van der Waals surface area contributed by atoms with Crippen LogP contribution in [-0.4, -0.2) is 17.6 Å². The normalized spacial score (nSPS) is 16.8. The Kier molecular flexibility index (Phi) is 5.84. The van der Waals surface area contributed by atoms with Gasteiger partial charge in [-0.25, -0.2) is 0 Å². The maximum absolute atomic E-state index is 11.4. The van der Waals surface area contributed by atoms with Gasteiger partial charge in [0.1, 0.15) is 5.69 Å². The quantitative estimate of drug-likeness (QED) is 0.640. The van der Waals surface area contributed by atoms with Crippen LogP contribution < -0.4 is 10.1 Å². The maximum atomic E-state index is 11.4. The van der Waals surface area contributed by atoms with Crippen molar-refractivity contribution < 1.29 is 9.66 Å². The van der Waals surface area contributed by atoms with E-state index in [1.807, 2.05) is 13.0 Å². The van der Waals surface area contributed by atoms with Crippen molar-refractivity contribution in [3.63, 3.8) is 0 Å². The van der Waals surface area contributed by atoms with Gasteiger partial charge in [0.15, 0.2) is 5.75 Å². The molecule has 0 unspecified atom stereocenters. The minimum atomic E-state index is -0.351. The molecule has 0 spiro atoms. The zero-order valence-corrected chi connectivity index (χ0v) is 12.6. The van der Waals surface area contributed by atoms with Crippen LogP contribution in [0.15, 0.2) is 18.2 Å². The van der Waals surface area contributed by atoms with Crippen molar-refractivity contribution >= 4 is 11.4 Å². The molecule has 1 aliphatic rings. The van der Waals surface area contributed by atoms with Crippen LogP contribution in [0, 0.1) is 10.1 Å². The molecule has 5 heteroatoms. The van der Waals surface area contributed by atoms with Crippen LogP contribution in [0.2, 0.25) is 0 Å². The molecule has 0 amide bonds. The Morgan fingerprint density at radius 3 is 2.52 bits per heavy atom. The van der Waals surface area contributed by atoms with Gasteiger partial charge < -0.3 is 10.1 Å². The van der Waals surface area contributed by atoms with Crippen molar-refractivity contribution in [2.24, 2.45) is 0 Å². The van der Waals surface area contributed by atoms with Gasteiger partial charge in [0.2, 0.25) is 0 Å². The molecule has 0 saturated heterocycles. The molecule has 5 nitrogen and oxygen atoms in total. The molecule has 1 aromatic carbocycles. The third-order valence-electron chi connectivity index (χ3n) is 3.95. The molecule has 0 aliphatic heterocycles. The fourth-order valence-corrected chi connectivity index (χ4v) is 2.92. The van der Waals surface area contributed by atoms with Crippen molar-refractivity contribution in [1.29, 1.82) is 0 Å². The number of para-hydroxylation sites is 1. The summed E-state index contributed by atoms with van der Waals surface area (Å²) in [7, 11) is 0. The molecule has 1 saturated carbocycles. The molecule has 0 radical (unpaired) electrons. The van der Waals surface area contributed by atoms with Crippen molar-refractivity contribution in [1.82, 2.24) is 0 Å². The van der Waals surface area contributed by atoms with E-state index < -0.39 is 0 Å². The lowest BCUT2D eigenvalue weighted by molar-refractivity contribution is -0.385. The van der Waals surface area contributed by atoms with E-state index in [1.54, 1.807) is 12.1 Å². The molecular weight excluding hydrogens is 268 g/mol. The highest BCUT2D eigenvalue weighted by Crippen LogP contribution is 2.36. The topological polar surface area (TPSA) is 64.4 Å². The lowest BCUT2D eigenvalue weighted by Gasteiger charge is -2.22. The smallest absolute Gasteiger partial charge is 0.333 e. The third kappa shape index (κ3) is 4.34. The van der Waals surface area contributed by atoms with E-state index in [-0.39, 0.29) is 10.6 Å². The number of nitrogens with zero attached hydrogens (tertiary/aromatic N) is 1. The van der Waals surface area contributed by atoms with Gasteiger partial charge in [-0.3, -0.25) is 10.1 Å². The van der Waals surface area contributed by atoms with Crippen molar-refractivity contribution in [2.75, 3.05) is 11.9 Å². The van der Waals surface area contributed by atoms with Gasteiger partial charge in [-0.1, -0.05) is 38.2 Å². The Morgan fingerprint density at radius 1 is 1.24 bits per heavy atom. The summed E-state index contributed by atoms with van der Waals surface area (Å²) >= 11 is 0. The molecule has 1 N–H and O–H groups in total. The summed E-state index contributed by atoms with van der Waals surface area (Å²) in [5, 5.41) is 14.7. The zero-order valence-electron chi connectivity index (χ0n) is 12.6. The number of nitro groups is 1. The molecule has 1 fully saturated rings. The van der Waals surface area contributed by atoms with Crippen LogP contribution in [0.4, 0.5) is 11.4 Å². The summed E-state index contributed by atoms with van der Waals surface area (Å²) in [4.78, 5) is 11.0. The van der Waals surface area contributed by atoms with Crippen molar-refractivity contribution in [2.45, 2.75) is 57.9 Å². The maximum Gasteiger partial charge on any atom is 0.333 e. The largest absolute Gasteiger partial charge is 0.487 e. The number of rotatable bonds is 5. The first-order chi connectivity index (χ1) is 10.2. The summed E-state index contributed by atoms with van der Waals surface area (Å²) in [6.45, 7) is 2.26. The van der Waals surface area contributed by atoms with Gasteiger partial charge in [0, 0.05) is 6.04 Å². The lowest BCUT2D eigenvalue weighted by atomic mass is 9.96. The second-order valence-corrected chi connectivity index (χ2v) is 5.53. The Balaban J connectivity index is 2.17. The number of hydrogen-bond donors (Lipinski definition) is 1. The van der Waals surface area contributed by atoms with Gasteiger partial charge in [-0.2, -0.15) is 0 Å². The van der Waals surface area contributed by atoms with Crippen LogP contribution in [0.1, 0.15) is 51.9 Å². The first-order valence-electron chi connectivity index (χ1n) is 7.89. The van der Waals surface area contributed by atoms with Crippen LogP contribution in [0.3, 0.4) is 0 Å². The Labute approximate surface area is 125 Å². The predicted molar refractivity (Wildman–Crippen MR) is 84.0 cm³/mol. The van der Waals surface area contributed by atoms with E-state index in [9.17, 15) is 10.1 Å². The Hall–Kier alpha value is -1.78. The standard InChI is InChI=1S/C16H24N2O3/c1-2-21-15-12-8-11-14(16(15)18(19)20)17-13-9-6-4-3-5-7-10-13/h8,11-13,17H,2-7,9-10H2,1H3. The van der Waals surface area contributed by atoms with Crippen molar-refractivity contribution in [3.05, 3.63) is 28.3 Å². The summed E-state index contributed by atoms with van der Waals surface area (Å²) in [5.74, 6) is 0.346. The number of benzene rings is 1. The number of anilines is 1. The highest BCUT2D eigenvalue weighted by atomic mass is 16.6. The van der Waals surface area contributed by atoms with Crippen LogP contribution in [-0.2, 0) is 0 Å². The Bertz CT molecular complexity index is 469. The molecule has 0 bridgehead atoms.